The van der Waals surface area contributed by atoms with Crippen LogP contribution in [0.15, 0.2) is 41.2 Å². The summed E-state index contributed by atoms with van der Waals surface area (Å²) >= 11 is 1.48. The molecular formula is C21H28FN3O4S2. The lowest BCUT2D eigenvalue weighted by Crippen LogP contribution is -2.33. The van der Waals surface area contributed by atoms with Crippen LogP contribution in [0.1, 0.15) is 31.7 Å². The summed E-state index contributed by atoms with van der Waals surface area (Å²) in [5.41, 5.74) is 1.52. The van der Waals surface area contributed by atoms with E-state index in [9.17, 15) is 18.5 Å². The number of rotatable bonds is 9. The highest BCUT2D eigenvalue weighted by atomic mass is 32.2. The fraction of sp³-hybridized carbons (Fsp3) is 0.476. The maximum Gasteiger partial charge on any atom is 0.255 e. The van der Waals surface area contributed by atoms with Crippen molar-refractivity contribution in [1.29, 1.82) is 0 Å². The van der Waals surface area contributed by atoms with Crippen molar-refractivity contribution in [3.05, 3.63) is 52.6 Å². The molecule has 170 valence electrons. The number of halogens is 1. The summed E-state index contributed by atoms with van der Waals surface area (Å²) in [5.74, 6) is 0.106. The van der Waals surface area contributed by atoms with E-state index in [2.05, 4.69) is 10.0 Å². The number of aryl methyl sites for hydroxylation is 1. The molecule has 0 bridgehead atoms. The van der Waals surface area contributed by atoms with Gasteiger partial charge >= 0.3 is 0 Å². The number of thioether (sulfide) groups is 1. The van der Waals surface area contributed by atoms with Crippen LogP contribution in [0.4, 0.5) is 10.1 Å². The van der Waals surface area contributed by atoms with Gasteiger partial charge in [0.15, 0.2) is 0 Å². The molecular weight excluding hydrogens is 441 g/mol. The molecule has 3 rings (SSSR count). The molecule has 1 aromatic rings. The predicted octanol–water partition coefficient (Wildman–Crippen LogP) is 2.35. The standard InChI is InChI=1S/C21H28FN3O4S2/c1-14-3-4-18(17(22)9-14)23-11-15(2)20(28)25-7-8-30-19(25)12-24-31(29)21(5-6-21)10-16(27)13-26/h3-4,9,11-12,16,23-24,26-27H,5-8,10,13H2,1-2H3/b15-11+,19-12-. The van der Waals surface area contributed by atoms with Crippen molar-refractivity contribution in [2.75, 3.05) is 24.2 Å². The van der Waals surface area contributed by atoms with Crippen LogP contribution in [0.25, 0.3) is 0 Å². The molecule has 1 aromatic carbocycles. The Labute approximate surface area is 188 Å². The van der Waals surface area contributed by atoms with Crippen molar-refractivity contribution >= 4 is 34.3 Å². The van der Waals surface area contributed by atoms with E-state index in [0.29, 0.717) is 41.4 Å². The van der Waals surface area contributed by atoms with E-state index in [0.717, 1.165) is 5.56 Å². The highest BCUT2D eigenvalue weighted by Crippen LogP contribution is 2.45. The summed E-state index contributed by atoms with van der Waals surface area (Å²) in [6, 6.07) is 4.83. The van der Waals surface area contributed by atoms with Gasteiger partial charge in [-0.25, -0.2) is 8.60 Å². The highest BCUT2D eigenvalue weighted by molar-refractivity contribution is 8.03. The molecule has 10 heteroatoms. The van der Waals surface area contributed by atoms with Crippen LogP contribution < -0.4 is 10.0 Å². The van der Waals surface area contributed by atoms with E-state index >= 15 is 0 Å². The maximum absolute atomic E-state index is 14.0. The second kappa shape index (κ2) is 10.2. The molecule has 0 aromatic heterocycles. The SMILES string of the molecule is C/C(=C\Nc1ccc(C)cc1F)C(=O)N1CCS/C1=C\NS(=O)C1(CC(O)CO)CC1. The summed E-state index contributed by atoms with van der Waals surface area (Å²) in [4.78, 5) is 14.5. The van der Waals surface area contributed by atoms with Crippen LogP contribution in [0.3, 0.4) is 0 Å². The maximum atomic E-state index is 14.0. The number of aliphatic hydroxyl groups excluding tert-OH is 2. The monoisotopic (exact) mass is 469 g/mol. The molecule has 1 saturated carbocycles. The van der Waals surface area contributed by atoms with Gasteiger partial charge in [0.2, 0.25) is 0 Å². The molecule has 1 heterocycles. The number of carbonyl (C=O) groups excluding carboxylic acids is 1. The Kier molecular flexibility index (Phi) is 7.79. The van der Waals surface area contributed by atoms with E-state index in [1.165, 1.54) is 24.0 Å². The molecule has 1 aliphatic carbocycles. The fourth-order valence-electron chi connectivity index (χ4n) is 3.28. The van der Waals surface area contributed by atoms with Gasteiger partial charge in [0.1, 0.15) is 16.8 Å². The Morgan fingerprint density at radius 2 is 2.19 bits per heavy atom. The molecule has 2 aliphatic rings. The summed E-state index contributed by atoms with van der Waals surface area (Å²) in [7, 11) is -1.43. The van der Waals surface area contributed by atoms with Crippen LogP contribution in [0, 0.1) is 12.7 Å². The second-order valence-corrected chi connectivity index (χ2v) is 10.6. The topological polar surface area (TPSA) is 102 Å². The zero-order chi connectivity index (χ0) is 22.6. The minimum Gasteiger partial charge on any atom is -0.394 e. The van der Waals surface area contributed by atoms with Gasteiger partial charge in [0.25, 0.3) is 5.91 Å². The first-order valence-electron chi connectivity index (χ1n) is 10.1. The van der Waals surface area contributed by atoms with Gasteiger partial charge < -0.3 is 25.2 Å². The highest BCUT2D eigenvalue weighted by Gasteiger charge is 2.50. The molecule has 1 amide bonds. The normalized spacial score (nSPS) is 21.1. The number of amides is 1. The molecule has 0 radical (unpaired) electrons. The minimum atomic E-state index is -1.43. The Morgan fingerprint density at radius 1 is 1.45 bits per heavy atom. The first-order valence-corrected chi connectivity index (χ1v) is 12.2. The Hall–Kier alpha value is -1.88. The van der Waals surface area contributed by atoms with Crippen LogP contribution >= 0.6 is 11.8 Å². The molecule has 7 nitrogen and oxygen atoms in total. The van der Waals surface area contributed by atoms with Crippen molar-refractivity contribution in [3.8, 4) is 0 Å². The van der Waals surface area contributed by atoms with Gasteiger partial charge in [0, 0.05) is 30.3 Å². The zero-order valence-corrected chi connectivity index (χ0v) is 19.2. The average Bonchev–Trinajstić information content (AvgIpc) is 3.37. The van der Waals surface area contributed by atoms with Gasteiger partial charge in [-0.05, 0) is 50.8 Å². The zero-order valence-electron chi connectivity index (χ0n) is 17.6. The van der Waals surface area contributed by atoms with Crippen molar-refractivity contribution in [2.45, 2.75) is 44.0 Å². The van der Waals surface area contributed by atoms with Crippen molar-refractivity contribution < 1.29 is 23.6 Å². The van der Waals surface area contributed by atoms with Crippen molar-refractivity contribution in [3.63, 3.8) is 0 Å². The van der Waals surface area contributed by atoms with Gasteiger partial charge in [-0.3, -0.25) is 4.79 Å². The number of nitrogens with zero attached hydrogens (tertiary/aromatic N) is 1. The Morgan fingerprint density at radius 3 is 2.84 bits per heavy atom. The van der Waals surface area contributed by atoms with Gasteiger partial charge in [-0.15, -0.1) is 11.8 Å². The molecule has 1 aliphatic heterocycles. The first-order chi connectivity index (χ1) is 14.8. The van der Waals surface area contributed by atoms with Crippen LogP contribution in [-0.4, -0.2) is 55.0 Å². The summed E-state index contributed by atoms with van der Waals surface area (Å²) in [6.45, 7) is 3.62. The number of benzene rings is 1. The average molecular weight is 470 g/mol. The Balaban J connectivity index is 1.62. The lowest BCUT2D eigenvalue weighted by Gasteiger charge is -2.20. The summed E-state index contributed by atoms with van der Waals surface area (Å²) < 4.78 is 29.0. The molecule has 2 unspecified atom stereocenters. The quantitative estimate of drug-likeness (QED) is 0.414. The molecule has 2 atom stereocenters. The lowest BCUT2D eigenvalue weighted by molar-refractivity contribution is -0.124. The molecule has 2 fully saturated rings. The number of carbonyl (C=O) groups is 1. The van der Waals surface area contributed by atoms with Gasteiger partial charge in [-0.2, -0.15) is 0 Å². The van der Waals surface area contributed by atoms with Gasteiger partial charge in [-0.1, -0.05) is 6.07 Å². The predicted molar refractivity (Wildman–Crippen MR) is 122 cm³/mol. The minimum absolute atomic E-state index is 0.222. The summed E-state index contributed by atoms with van der Waals surface area (Å²) in [5, 5.41) is 22.2. The smallest absolute Gasteiger partial charge is 0.255 e. The third-order valence-electron chi connectivity index (χ3n) is 5.29. The number of hydrogen-bond donors (Lipinski definition) is 4. The number of nitrogens with one attached hydrogen (secondary N) is 2. The van der Waals surface area contributed by atoms with Crippen molar-refractivity contribution in [1.82, 2.24) is 9.62 Å². The lowest BCUT2D eigenvalue weighted by atomic mass is 10.2. The fourth-order valence-corrected chi connectivity index (χ4v) is 5.59. The number of hydrogen-bond acceptors (Lipinski definition) is 6. The molecule has 31 heavy (non-hydrogen) atoms. The van der Waals surface area contributed by atoms with E-state index < -0.39 is 21.8 Å². The molecule has 1 saturated heterocycles. The Bertz CT molecular complexity index is 918. The summed E-state index contributed by atoms with van der Waals surface area (Å²) in [6.07, 6.45) is 3.87. The van der Waals surface area contributed by atoms with Crippen LogP contribution in [0.2, 0.25) is 0 Å². The number of anilines is 1. The van der Waals surface area contributed by atoms with E-state index in [1.807, 2.05) is 0 Å². The third kappa shape index (κ3) is 5.88. The van der Waals surface area contributed by atoms with E-state index in [1.54, 1.807) is 37.1 Å². The van der Waals surface area contributed by atoms with Crippen LogP contribution in [-0.2, 0) is 15.8 Å². The largest absolute Gasteiger partial charge is 0.394 e. The van der Waals surface area contributed by atoms with Crippen molar-refractivity contribution in [2.24, 2.45) is 0 Å². The van der Waals surface area contributed by atoms with Crippen LogP contribution in [0.5, 0.6) is 0 Å². The third-order valence-corrected chi connectivity index (χ3v) is 8.01. The first kappa shape index (κ1) is 23.8. The second-order valence-electron chi connectivity index (χ2n) is 7.85. The van der Waals surface area contributed by atoms with Gasteiger partial charge in [0.05, 0.1) is 28.2 Å². The van der Waals surface area contributed by atoms with E-state index in [4.69, 9.17) is 5.11 Å². The molecule has 4 N–H and O–H groups in total. The number of aliphatic hydroxyl groups is 2. The molecule has 0 spiro atoms. The van der Waals surface area contributed by atoms with E-state index in [-0.39, 0.29) is 24.8 Å².